The molecule has 2 aromatic rings. The molecule has 0 saturated carbocycles. The van der Waals surface area contributed by atoms with E-state index in [2.05, 4.69) is 63.1 Å². The molecule has 0 aliphatic heterocycles. The van der Waals surface area contributed by atoms with Gasteiger partial charge in [0, 0.05) is 11.9 Å². The van der Waals surface area contributed by atoms with Crippen LogP contribution in [0.5, 0.6) is 0 Å². The first-order valence-corrected chi connectivity index (χ1v) is 7.27. The van der Waals surface area contributed by atoms with E-state index in [1.54, 1.807) is 0 Å². The maximum atomic E-state index is 4.44. The second-order valence-electron chi connectivity index (χ2n) is 5.46. The van der Waals surface area contributed by atoms with E-state index in [1.807, 2.05) is 12.3 Å². The highest BCUT2D eigenvalue weighted by Gasteiger charge is 2.18. The second-order valence-corrected chi connectivity index (χ2v) is 5.46. The summed E-state index contributed by atoms with van der Waals surface area (Å²) >= 11 is 0. The highest BCUT2D eigenvalue weighted by atomic mass is 14.9. The molecule has 0 spiro atoms. The molecule has 1 atom stereocenters. The monoisotopic (exact) mass is 268 g/mol. The maximum absolute atomic E-state index is 4.44. The van der Waals surface area contributed by atoms with Crippen molar-refractivity contribution in [2.75, 3.05) is 6.54 Å². The summed E-state index contributed by atoms with van der Waals surface area (Å²) in [5.41, 5.74) is 7.74. The first-order valence-electron chi connectivity index (χ1n) is 7.27. The van der Waals surface area contributed by atoms with Gasteiger partial charge in [-0.1, -0.05) is 25.1 Å². The first-order chi connectivity index (χ1) is 9.54. The Bertz CT molecular complexity index is 602. The Morgan fingerprint density at radius 3 is 2.35 bits per heavy atom. The van der Waals surface area contributed by atoms with Crippen LogP contribution < -0.4 is 5.32 Å². The minimum atomic E-state index is 0.216. The molecule has 1 aromatic heterocycles. The lowest BCUT2D eigenvalue weighted by molar-refractivity contribution is 0.621. The maximum Gasteiger partial charge on any atom is 0.0597 e. The van der Waals surface area contributed by atoms with Gasteiger partial charge in [-0.2, -0.15) is 0 Å². The molecule has 0 amide bonds. The molecule has 1 unspecified atom stereocenters. The van der Waals surface area contributed by atoms with Gasteiger partial charge in [-0.25, -0.2) is 0 Å². The first kappa shape index (κ1) is 14.7. The van der Waals surface area contributed by atoms with Gasteiger partial charge in [0.15, 0.2) is 0 Å². The fraction of sp³-hybridized carbons (Fsp3) is 0.389. The fourth-order valence-corrected chi connectivity index (χ4v) is 2.69. The Labute approximate surface area is 122 Å². The molecule has 20 heavy (non-hydrogen) atoms. The van der Waals surface area contributed by atoms with Crippen molar-refractivity contribution >= 4 is 0 Å². The van der Waals surface area contributed by atoms with Gasteiger partial charge in [-0.15, -0.1) is 0 Å². The molecule has 106 valence electrons. The Hall–Kier alpha value is -1.67. The molecule has 0 fully saturated rings. The molecule has 2 rings (SSSR count). The molecule has 0 aliphatic carbocycles. The Balaban J connectivity index is 2.54. The quantitative estimate of drug-likeness (QED) is 0.906. The number of benzene rings is 1. The third-order valence-electron chi connectivity index (χ3n) is 3.96. The highest BCUT2D eigenvalue weighted by molar-refractivity contribution is 5.43. The van der Waals surface area contributed by atoms with Gasteiger partial charge in [0.25, 0.3) is 0 Å². The average molecular weight is 268 g/mol. The van der Waals surface area contributed by atoms with E-state index >= 15 is 0 Å². The van der Waals surface area contributed by atoms with Gasteiger partial charge >= 0.3 is 0 Å². The fourth-order valence-electron chi connectivity index (χ4n) is 2.69. The van der Waals surface area contributed by atoms with E-state index < -0.39 is 0 Å². The topological polar surface area (TPSA) is 24.9 Å². The zero-order valence-electron chi connectivity index (χ0n) is 13.1. The second kappa shape index (κ2) is 6.19. The van der Waals surface area contributed by atoms with Crippen LogP contribution in [0.1, 0.15) is 46.5 Å². The minimum absolute atomic E-state index is 0.216. The highest BCUT2D eigenvalue weighted by Crippen LogP contribution is 2.28. The van der Waals surface area contributed by atoms with E-state index in [-0.39, 0.29) is 6.04 Å². The third kappa shape index (κ3) is 2.91. The molecule has 1 N–H and O–H groups in total. The Kier molecular flexibility index (Phi) is 4.56. The summed E-state index contributed by atoms with van der Waals surface area (Å²) in [4.78, 5) is 4.44. The van der Waals surface area contributed by atoms with Crippen molar-refractivity contribution in [2.24, 2.45) is 0 Å². The van der Waals surface area contributed by atoms with Gasteiger partial charge in [-0.05, 0) is 68.1 Å². The van der Waals surface area contributed by atoms with Crippen molar-refractivity contribution in [2.45, 2.75) is 40.7 Å². The van der Waals surface area contributed by atoms with Crippen LogP contribution in [0.2, 0.25) is 0 Å². The lowest BCUT2D eigenvalue weighted by atomic mass is 9.91. The number of aromatic nitrogens is 1. The third-order valence-corrected chi connectivity index (χ3v) is 3.96. The van der Waals surface area contributed by atoms with Crippen LogP contribution in [0.4, 0.5) is 0 Å². The number of nitrogens with one attached hydrogen (secondary N) is 1. The number of aryl methyl sites for hydroxylation is 4. The molecule has 2 nitrogen and oxygen atoms in total. The lowest BCUT2D eigenvalue weighted by Gasteiger charge is -2.23. The summed E-state index contributed by atoms with van der Waals surface area (Å²) in [5.74, 6) is 0. The van der Waals surface area contributed by atoms with E-state index in [1.165, 1.54) is 27.8 Å². The van der Waals surface area contributed by atoms with Crippen molar-refractivity contribution < 1.29 is 0 Å². The van der Waals surface area contributed by atoms with Crippen LogP contribution >= 0.6 is 0 Å². The normalized spacial score (nSPS) is 12.4. The van der Waals surface area contributed by atoms with Crippen LogP contribution in [0.25, 0.3) is 0 Å². The standard InChI is InChI=1S/C18H24N2/c1-6-19-18(16-8-7-9-20-15(16)5)17-11-13(3)12(2)10-14(17)4/h7-11,18-19H,6H2,1-5H3. The molecule has 0 aliphatic rings. The molecular formula is C18H24N2. The van der Waals surface area contributed by atoms with Gasteiger partial charge in [0.2, 0.25) is 0 Å². The number of nitrogens with zero attached hydrogens (tertiary/aromatic N) is 1. The lowest BCUT2D eigenvalue weighted by Crippen LogP contribution is -2.24. The molecule has 0 saturated heterocycles. The van der Waals surface area contributed by atoms with Gasteiger partial charge in [-0.3, -0.25) is 4.98 Å². The molecule has 0 bridgehead atoms. The van der Waals surface area contributed by atoms with Crippen LogP contribution in [0.3, 0.4) is 0 Å². The Morgan fingerprint density at radius 1 is 1.00 bits per heavy atom. The molecule has 0 radical (unpaired) electrons. The largest absolute Gasteiger partial charge is 0.306 e. The predicted octanol–water partition coefficient (Wildman–Crippen LogP) is 4.01. The summed E-state index contributed by atoms with van der Waals surface area (Å²) in [7, 11) is 0. The smallest absolute Gasteiger partial charge is 0.0597 e. The zero-order chi connectivity index (χ0) is 14.7. The molecule has 1 heterocycles. The van der Waals surface area contributed by atoms with Crippen molar-refractivity contribution in [3.05, 3.63) is 64.0 Å². The summed E-state index contributed by atoms with van der Waals surface area (Å²) in [6, 6.07) is 8.99. The van der Waals surface area contributed by atoms with Crippen LogP contribution in [-0.2, 0) is 0 Å². The molecular weight excluding hydrogens is 244 g/mol. The predicted molar refractivity (Wildman–Crippen MR) is 85.1 cm³/mol. The van der Waals surface area contributed by atoms with Crippen LogP contribution in [0.15, 0.2) is 30.5 Å². The van der Waals surface area contributed by atoms with Crippen LogP contribution in [-0.4, -0.2) is 11.5 Å². The van der Waals surface area contributed by atoms with Gasteiger partial charge < -0.3 is 5.32 Å². The molecule has 2 heteroatoms. The number of rotatable bonds is 4. The zero-order valence-corrected chi connectivity index (χ0v) is 13.1. The number of hydrogen-bond donors (Lipinski definition) is 1. The van der Waals surface area contributed by atoms with E-state index in [9.17, 15) is 0 Å². The molecule has 1 aromatic carbocycles. The van der Waals surface area contributed by atoms with Crippen LogP contribution in [0, 0.1) is 27.7 Å². The average Bonchev–Trinajstić information content (AvgIpc) is 2.42. The van der Waals surface area contributed by atoms with E-state index in [4.69, 9.17) is 0 Å². The van der Waals surface area contributed by atoms with Crippen molar-refractivity contribution in [1.82, 2.24) is 10.3 Å². The number of pyridine rings is 1. The van der Waals surface area contributed by atoms with Gasteiger partial charge in [0.05, 0.1) is 6.04 Å². The van der Waals surface area contributed by atoms with E-state index in [0.717, 1.165) is 12.2 Å². The summed E-state index contributed by atoms with van der Waals surface area (Å²) in [5, 5.41) is 3.60. The van der Waals surface area contributed by atoms with Crippen molar-refractivity contribution in [1.29, 1.82) is 0 Å². The SMILES string of the molecule is CCNC(c1cc(C)c(C)cc1C)c1cccnc1C. The van der Waals surface area contributed by atoms with Crippen molar-refractivity contribution in [3.63, 3.8) is 0 Å². The number of hydrogen-bond acceptors (Lipinski definition) is 2. The summed E-state index contributed by atoms with van der Waals surface area (Å²) in [6.07, 6.45) is 1.86. The summed E-state index contributed by atoms with van der Waals surface area (Å²) < 4.78 is 0. The summed E-state index contributed by atoms with van der Waals surface area (Å²) in [6.45, 7) is 11.7. The van der Waals surface area contributed by atoms with Gasteiger partial charge in [0.1, 0.15) is 0 Å². The van der Waals surface area contributed by atoms with Crippen molar-refractivity contribution in [3.8, 4) is 0 Å². The minimum Gasteiger partial charge on any atom is -0.306 e. The van der Waals surface area contributed by atoms with E-state index in [0.29, 0.717) is 0 Å². The Morgan fingerprint density at radius 2 is 1.70 bits per heavy atom.